The molecule has 0 aliphatic carbocycles. The molecule has 1 atom stereocenters. The lowest BCUT2D eigenvalue weighted by Crippen LogP contribution is -2.46. The molecule has 0 radical (unpaired) electrons. The summed E-state index contributed by atoms with van der Waals surface area (Å²) in [6.07, 6.45) is 4.92. The van der Waals surface area contributed by atoms with Gasteiger partial charge in [-0.15, -0.1) is 0 Å². The Morgan fingerprint density at radius 1 is 0.960 bits per heavy atom. The molecule has 0 aromatic heterocycles. The van der Waals surface area contributed by atoms with Gasteiger partial charge in [-0.3, -0.25) is 4.79 Å². The van der Waals surface area contributed by atoms with Crippen molar-refractivity contribution >= 4 is 12.0 Å². The lowest BCUT2D eigenvalue weighted by molar-refractivity contribution is -0.136. The third-order valence-electron chi connectivity index (χ3n) is 5.69. The molecule has 2 amide bonds. The Kier molecular flexibility index (Phi) is 8.00. The molecule has 6 nitrogen and oxygen atoms in total. The summed E-state index contributed by atoms with van der Waals surface area (Å²) in [5, 5.41) is 0. The molecule has 0 N–H and O–H groups in total. The van der Waals surface area contributed by atoms with Crippen molar-refractivity contribution in [3.63, 3.8) is 0 Å². The topological polar surface area (TPSA) is 53.1 Å². The minimum atomic E-state index is -0.174. The minimum absolute atomic E-state index is 0.174. The van der Waals surface area contributed by atoms with Crippen LogP contribution in [0.4, 0.5) is 4.79 Å². The standard InChI is InChI=1S/C19H35N3O3/c1-4-20(5-2)18(23)16-9-13-21(14-10-16)17-8-7-12-22(15-11-17)19(24)25-6-3/h16-17H,4-15H2,1-3H3. The van der Waals surface area contributed by atoms with E-state index in [1.165, 1.54) is 0 Å². The quantitative estimate of drug-likeness (QED) is 0.762. The predicted octanol–water partition coefficient (Wildman–Crippen LogP) is 2.58. The van der Waals surface area contributed by atoms with Crippen molar-refractivity contribution in [1.29, 1.82) is 0 Å². The largest absolute Gasteiger partial charge is 0.450 e. The Morgan fingerprint density at radius 3 is 2.24 bits per heavy atom. The molecular formula is C19H35N3O3. The second kappa shape index (κ2) is 10.00. The molecule has 6 heteroatoms. The zero-order valence-corrected chi connectivity index (χ0v) is 16.2. The molecule has 2 saturated heterocycles. The highest BCUT2D eigenvalue weighted by molar-refractivity contribution is 5.78. The van der Waals surface area contributed by atoms with Crippen molar-refractivity contribution in [2.24, 2.45) is 5.92 Å². The molecule has 144 valence electrons. The van der Waals surface area contributed by atoms with Gasteiger partial charge >= 0.3 is 6.09 Å². The van der Waals surface area contributed by atoms with E-state index >= 15 is 0 Å². The van der Waals surface area contributed by atoms with Crippen LogP contribution in [0.5, 0.6) is 0 Å². The molecule has 0 aromatic carbocycles. The molecule has 0 aromatic rings. The number of likely N-dealkylation sites (tertiary alicyclic amines) is 2. The molecule has 1 unspecified atom stereocenters. The first-order valence-corrected chi connectivity index (χ1v) is 10.0. The van der Waals surface area contributed by atoms with Crippen molar-refractivity contribution in [3.8, 4) is 0 Å². The van der Waals surface area contributed by atoms with Crippen LogP contribution in [-0.2, 0) is 9.53 Å². The molecule has 2 heterocycles. The first kappa shape index (κ1) is 20.0. The minimum Gasteiger partial charge on any atom is -0.450 e. The van der Waals surface area contributed by atoms with Crippen molar-refractivity contribution in [1.82, 2.24) is 14.7 Å². The van der Waals surface area contributed by atoms with E-state index in [1.807, 2.05) is 16.7 Å². The molecule has 2 aliphatic heterocycles. The van der Waals surface area contributed by atoms with E-state index < -0.39 is 0 Å². The average molecular weight is 354 g/mol. The molecule has 0 saturated carbocycles. The Hall–Kier alpha value is -1.30. The summed E-state index contributed by atoms with van der Waals surface area (Å²) in [6.45, 7) is 11.6. The van der Waals surface area contributed by atoms with Gasteiger partial charge in [-0.25, -0.2) is 4.79 Å². The second-order valence-electron chi connectivity index (χ2n) is 7.09. The first-order chi connectivity index (χ1) is 12.1. The fourth-order valence-corrected chi connectivity index (χ4v) is 4.15. The van der Waals surface area contributed by atoms with Gasteiger partial charge in [-0.1, -0.05) is 0 Å². The van der Waals surface area contributed by atoms with Crippen LogP contribution >= 0.6 is 0 Å². The first-order valence-electron chi connectivity index (χ1n) is 10.0. The summed E-state index contributed by atoms with van der Waals surface area (Å²) >= 11 is 0. The molecule has 0 bridgehead atoms. The number of hydrogen-bond acceptors (Lipinski definition) is 4. The number of piperidine rings is 1. The summed E-state index contributed by atoms with van der Waals surface area (Å²) < 4.78 is 5.13. The summed E-state index contributed by atoms with van der Waals surface area (Å²) in [6, 6.07) is 0.531. The van der Waals surface area contributed by atoms with E-state index in [1.54, 1.807) is 0 Å². The maximum absolute atomic E-state index is 12.5. The third-order valence-corrected chi connectivity index (χ3v) is 5.69. The summed E-state index contributed by atoms with van der Waals surface area (Å²) in [4.78, 5) is 30.8. The number of carbonyl (C=O) groups excluding carboxylic acids is 2. The lowest BCUT2D eigenvalue weighted by Gasteiger charge is -2.38. The van der Waals surface area contributed by atoms with E-state index in [4.69, 9.17) is 4.74 Å². The molecule has 2 fully saturated rings. The van der Waals surface area contributed by atoms with E-state index in [0.717, 1.165) is 71.4 Å². The van der Waals surface area contributed by atoms with Crippen molar-refractivity contribution in [2.45, 2.75) is 58.9 Å². The van der Waals surface area contributed by atoms with Gasteiger partial charge in [-0.2, -0.15) is 0 Å². The van der Waals surface area contributed by atoms with Crippen LogP contribution in [0.2, 0.25) is 0 Å². The summed E-state index contributed by atoms with van der Waals surface area (Å²) in [7, 11) is 0. The Morgan fingerprint density at radius 2 is 1.64 bits per heavy atom. The molecular weight excluding hydrogens is 318 g/mol. The van der Waals surface area contributed by atoms with Gasteiger partial charge in [0.05, 0.1) is 6.61 Å². The van der Waals surface area contributed by atoms with Gasteiger partial charge in [0.25, 0.3) is 0 Å². The fourth-order valence-electron chi connectivity index (χ4n) is 4.15. The van der Waals surface area contributed by atoms with Crippen molar-refractivity contribution in [3.05, 3.63) is 0 Å². The smallest absolute Gasteiger partial charge is 0.409 e. The van der Waals surface area contributed by atoms with Crippen LogP contribution in [0.1, 0.15) is 52.9 Å². The Bertz CT molecular complexity index is 432. The number of hydrogen-bond donors (Lipinski definition) is 0. The molecule has 25 heavy (non-hydrogen) atoms. The van der Waals surface area contributed by atoms with Crippen LogP contribution in [-0.4, -0.2) is 78.6 Å². The third kappa shape index (κ3) is 5.33. The number of amides is 2. The SMILES string of the molecule is CCOC(=O)N1CCCC(N2CCC(C(=O)N(CC)CC)CC2)CC1. The average Bonchev–Trinajstić information content (AvgIpc) is 2.89. The van der Waals surface area contributed by atoms with Crippen LogP contribution in [0.25, 0.3) is 0 Å². The van der Waals surface area contributed by atoms with Crippen LogP contribution in [0.3, 0.4) is 0 Å². The van der Waals surface area contributed by atoms with Gasteiger partial charge in [0.1, 0.15) is 0 Å². The van der Waals surface area contributed by atoms with Crippen molar-refractivity contribution < 1.29 is 14.3 Å². The maximum atomic E-state index is 12.5. The van der Waals surface area contributed by atoms with Gasteiger partial charge < -0.3 is 19.4 Å². The van der Waals surface area contributed by atoms with Gasteiger partial charge in [0.2, 0.25) is 5.91 Å². The van der Waals surface area contributed by atoms with E-state index in [-0.39, 0.29) is 12.0 Å². The second-order valence-corrected chi connectivity index (χ2v) is 7.09. The van der Waals surface area contributed by atoms with E-state index in [2.05, 4.69) is 18.7 Å². The number of ether oxygens (including phenoxy) is 1. The number of rotatable bonds is 5. The summed E-state index contributed by atoms with van der Waals surface area (Å²) in [5.74, 6) is 0.525. The number of carbonyl (C=O) groups is 2. The molecule has 2 rings (SSSR count). The van der Waals surface area contributed by atoms with Crippen molar-refractivity contribution in [2.75, 3.05) is 45.9 Å². The lowest BCUT2D eigenvalue weighted by atomic mass is 9.93. The highest BCUT2D eigenvalue weighted by Gasteiger charge is 2.31. The Balaban J connectivity index is 1.80. The summed E-state index contributed by atoms with van der Waals surface area (Å²) in [5.41, 5.74) is 0. The fraction of sp³-hybridized carbons (Fsp3) is 0.895. The van der Waals surface area contributed by atoms with E-state index in [9.17, 15) is 9.59 Å². The monoisotopic (exact) mass is 353 g/mol. The van der Waals surface area contributed by atoms with Crippen LogP contribution < -0.4 is 0 Å². The normalized spacial score (nSPS) is 23.2. The van der Waals surface area contributed by atoms with Gasteiger partial charge in [0, 0.05) is 38.1 Å². The van der Waals surface area contributed by atoms with Crippen LogP contribution in [0, 0.1) is 5.92 Å². The van der Waals surface area contributed by atoms with Crippen LogP contribution in [0.15, 0.2) is 0 Å². The zero-order valence-electron chi connectivity index (χ0n) is 16.2. The van der Waals surface area contributed by atoms with Gasteiger partial charge in [0.15, 0.2) is 0 Å². The Labute approximate surface area is 152 Å². The predicted molar refractivity (Wildman–Crippen MR) is 98.5 cm³/mol. The van der Waals surface area contributed by atoms with E-state index in [0.29, 0.717) is 18.6 Å². The maximum Gasteiger partial charge on any atom is 0.409 e. The molecule has 2 aliphatic rings. The number of nitrogens with zero attached hydrogens (tertiary/aromatic N) is 3. The molecule has 0 spiro atoms. The zero-order chi connectivity index (χ0) is 18.2. The van der Waals surface area contributed by atoms with Gasteiger partial charge in [-0.05, 0) is 66.0 Å². The highest BCUT2D eigenvalue weighted by Crippen LogP contribution is 2.25. The highest BCUT2D eigenvalue weighted by atomic mass is 16.6.